The largest absolute Gasteiger partial charge is 0.397 e. The third kappa shape index (κ3) is 3.00. The van der Waals surface area contributed by atoms with Crippen LogP contribution in [0.3, 0.4) is 0 Å². The molecule has 1 aliphatic carbocycles. The van der Waals surface area contributed by atoms with E-state index >= 15 is 0 Å². The second-order valence-electron chi connectivity index (χ2n) is 5.40. The van der Waals surface area contributed by atoms with Crippen molar-refractivity contribution in [2.45, 2.75) is 32.2 Å². The fourth-order valence-electron chi connectivity index (χ4n) is 2.33. The predicted molar refractivity (Wildman–Crippen MR) is 79.5 cm³/mol. The SMILES string of the molecule is CCCN(c1ccc(C(=O)N(C)C)cc1N)C1CC1. The molecule has 0 unspecified atom stereocenters. The van der Waals surface area contributed by atoms with Crippen LogP contribution >= 0.6 is 0 Å². The second kappa shape index (κ2) is 5.51. The number of nitrogens with two attached hydrogens (primary N) is 1. The predicted octanol–water partition coefficient (Wildman–Crippen LogP) is 2.35. The van der Waals surface area contributed by atoms with Crippen molar-refractivity contribution in [3.63, 3.8) is 0 Å². The first-order valence-corrected chi connectivity index (χ1v) is 6.92. The highest BCUT2D eigenvalue weighted by atomic mass is 16.2. The third-order valence-corrected chi connectivity index (χ3v) is 3.44. The zero-order valence-electron chi connectivity index (χ0n) is 12.0. The number of nitrogen functional groups attached to an aromatic ring is 1. The number of carbonyl (C=O) groups excluding carboxylic acids is 1. The van der Waals surface area contributed by atoms with Gasteiger partial charge < -0.3 is 15.5 Å². The summed E-state index contributed by atoms with van der Waals surface area (Å²) >= 11 is 0. The molecular formula is C15H23N3O. The van der Waals surface area contributed by atoms with Crippen LogP contribution in [0.25, 0.3) is 0 Å². The first-order chi connectivity index (χ1) is 9.04. The zero-order chi connectivity index (χ0) is 14.0. The quantitative estimate of drug-likeness (QED) is 0.828. The number of hydrogen-bond acceptors (Lipinski definition) is 3. The van der Waals surface area contributed by atoms with Crippen molar-refractivity contribution in [3.8, 4) is 0 Å². The lowest BCUT2D eigenvalue weighted by Crippen LogP contribution is -2.27. The Hall–Kier alpha value is -1.71. The van der Waals surface area contributed by atoms with Crippen molar-refractivity contribution in [2.24, 2.45) is 0 Å². The van der Waals surface area contributed by atoms with Gasteiger partial charge in [-0.05, 0) is 37.5 Å². The van der Waals surface area contributed by atoms with Crippen LogP contribution in [0.4, 0.5) is 11.4 Å². The summed E-state index contributed by atoms with van der Waals surface area (Å²) in [6, 6.07) is 6.29. The van der Waals surface area contributed by atoms with Crippen LogP contribution in [0.15, 0.2) is 18.2 Å². The van der Waals surface area contributed by atoms with Crippen molar-refractivity contribution in [1.29, 1.82) is 0 Å². The topological polar surface area (TPSA) is 49.6 Å². The summed E-state index contributed by atoms with van der Waals surface area (Å²) in [5, 5.41) is 0. The van der Waals surface area contributed by atoms with Gasteiger partial charge in [-0.3, -0.25) is 4.79 Å². The summed E-state index contributed by atoms with van der Waals surface area (Å²) in [7, 11) is 3.50. The Morgan fingerprint density at radius 2 is 2.05 bits per heavy atom. The number of rotatable bonds is 5. The molecule has 0 heterocycles. The highest BCUT2D eigenvalue weighted by Crippen LogP contribution is 2.35. The van der Waals surface area contributed by atoms with Gasteiger partial charge in [0.1, 0.15) is 0 Å². The van der Waals surface area contributed by atoms with Gasteiger partial charge >= 0.3 is 0 Å². The summed E-state index contributed by atoms with van der Waals surface area (Å²) in [6.07, 6.45) is 3.60. The fraction of sp³-hybridized carbons (Fsp3) is 0.533. The molecular weight excluding hydrogens is 238 g/mol. The van der Waals surface area contributed by atoms with Crippen molar-refractivity contribution in [2.75, 3.05) is 31.3 Å². The Kier molecular flexibility index (Phi) is 3.98. The van der Waals surface area contributed by atoms with Crippen LogP contribution in [-0.2, 0) is 0 Å². The van der Waals surface area contributed by atoms with E-state index in [1.165, 1.54) is 12.8 Å². The number of carbonyl (C=O) groups is 1. The van der Waals surface area contributed by atoms with Crippen molar-refractivity contribution < 1.29 is 4.79 Å². The number of nitrogens with zero attached hydrogens (tertiary/aromatic N) is 2. The van der Waals surface area contributed by atoms with Crippen LogP contribution < -0.4 is 10.6 Å². The number of amides is 1. The van der Waals surface area contributed by atoms with E-state index in [2.05, 4.69) is 11.8 Å². The Balaban J connectivity index is 2.25. The maximum absolute atomic E-state index is 11.9. The van der Waals surface area contributed by atoms with E-state index in [-0.39, 0.29) is 5.91 Å². The average molecular weight is 261 g/mol. The lowest BCUT2D eigenvalue weighted by atomic mass is 10.1. The van der Waals surface area contributed by atoms with Crippen molar-refractivity contribution >= 4 is 17.3 Å². The van der Waals surface area contributed by atoms with E-state index in [1.807, 2.05) is 12.1 Å². The van der Waals surface area contributed by atoms with E-state index in [1.54, 1.807) is 25.1 Å². The molecule has 0 bridgehead atoms. The lowest BCUT2D eigenvalue weighted by Gasteiger charge is -2.26. The van der Waals surface area contributed by atoms with Crippen LogP contribution in [0.5, 0.6) is 0 Å². The second-order valence-corrected chi connectivity index (χ2v) is 5.40. The van der Waals surface area contributed by atoms with E-state index < -0.39 is 0 Å². The monoisotopic (exact) mass is 261 g/mol. The fourth-order valence-corrected chi connectivity index (χ4v) is 2.33. The van der Waals surface area contributed by atoms with Crippen molar-refractivity contribution in [1.82, 2.24) is 4.90 Å². The Labute approximate surface area is 115 Å². The van der Waals surface area contributed by atoms with Gasteiger partial charge in [0, 0.05) is 32.2 Å². The van der Waals surface area contributed by atoms with Gasteiger partial charge in [-0.25, -0.2) is 0 Å². The van der Waals surface area contributed by atoms with Gasteiger partial charge in [0.05, 0.1) is 11.4 Å². The van der Waals surface area contributed by atoms with E-state index in [4.69, 9.17) is 5.73 Å². The molecule has 1 aromatic carbocycles. The van der Waals surface area contributed by atoms with E-state index in [0.717, 1.165) is 18.7 Å². The van der Waals surface area contributed by atoms with Gasteiger partial charge in [-0.15, -0.1) is 0 Å². The first kappa shape index (κ1) is 13.7. The molecule has 1 saturated carbocycles. The standard InChI is InChI=1S/C15H23N3O/c1-4-9-18(12-6-7-12)14-8-5-11(10-13(14)16)15(19)17(2)3/h5,8,10,12H,4,6-7,9,16H2,1-3H3. The summed E-state index contributed by atoms with van der Waals surface area (Å²) in [6.45, 7) is 3.20. The highest BCUT2D eigenvalue weighted by molar-refractivity contribution is 5.95. The molecule has 1 aliphatic rings. The molecule has 0 aromatic heterocycles. The minimum absolute atomic E-state index is 0.00767. The Morgan fingerprint density at radius 3 is 2.53 bits per heavy atom. The normalized spacial score (nSPS) is 14.3. The zero-order valence-corrected chi connectivity index (χ0v) is 12.0. The third-order valence-electron chi connectivity index (χ3n) is 3.44. The number of hydrogen-bond donors (Lipinski definition) is 1. The van der Waals surface area contributed by atoms with Crippen LogP contribution in [-0.4, -0.2) is 37.5 Å². The molecule has 19 heavy (non-hydrogen) atoms. The van der Waals surface area contributed by atoms with Gasteiger partial charge in [-0.1, -0.05) is 6.92 Å². The van der Waals surface area contributed by atoms with Crippen molar-refractivity contribution in [3.05, 3.63) is 23.8 Å². The summed E-state index contributed by atoms with van der Waals surface area (Å²) in [5.41, 5.74) is 8.57. The maximum atomic E-state index is 11.9. The Bertz CT molecular complexity index is 466. The minimum atomic E-state index is -0.00767. The molecule has 104 valence electrons. The smallest absolute Gasteiger partial charge is 0.253 e. The first-order valence-electron chi connectivity index (χ1n) is 6.92. The minimum Gasteiger partial charge on any atom is -0.397 e. The number of benzene rings is 1. The number of anilines is 2. The van der Waals surface area contributed by atoms with Gasteiger partial charge in [0.25, 0.3) is 5.91 Å². The maximum Gasteiger partial charge on any atom is 0.253 e. The molecule has 1 amide bonds. The molecule has 0 saturated heterocycles. The van der Waals surface area contributed by atoms with Crippen LogP contribution in [0, 0.1) is 0 Å². The Morgan fingerprint density at radius 1 is 1.37 bits per heavy atom. The van der Waals surface area contributed by atoms with Gasteiger partial charge in [0.2, 0.25) is 0 Å². The molecule has 0 atom stereocenters. The van der Waals surface area contributed by atoms with Crippen LogP contribution in [0.2, 0.25) is 0 Å². The summed E-state index contributed by atoms with van der Waals surface area (Å²) in [4.78, 5) is 15.8. The molecule has 0 aliphatic heterocycles. The molecule has 4 heteroatoms. The molecule has 2 N–H and O–H groups in total. The average Bonchev–Trinajstić information content (AvgIpc) is 3.19. The van der Waals surface area contributed by atoms with E-state index in [9.17, 15) is 4.79 Å². The molecule has 4 nitrogen and oxygen atoms in total. The summed E-state index contributed by atoms with van der Waals surface area (Å²) in [5.74, 6) is -0.00767. The molecule has 1 aromatic rings. The highest BCUT2D eigenvalue weighted by Gasteiger charge is 2.29. The molecule has 1 fully saturated rings. The lowest BCUT2D eigenvalue weighted by molar-refractivity contribution is 0.0827. The molecule has 2 rings (SSSR count). The molecule has 0 spiro atoms. The van der Waals surface area contributed by atoms with Gasteiger partial charge in [-0.2, -0.15) is 0 Å². The molecule has 0 radical (unpaired) electrons. The summed E-state index contributed by atoms with van der Waals surface area (Å²) < 4.78 is 0. The van der Waals surface area contributed by atoms with Crippen LogP contribution in [0.1, 0.15) is 36.5 Å². The van der Waals surface area contributed by atoms with Gasteiger partial charge in [0.15, 0.2) is 0 Å². The van der Waals surface area contributed by atoms with E-state index in [0.29, 0.717) is 17.3 Å².